The van der Waals surface area contributed by atoms with Gasteiger partial charge in [-0.2, -0.15) is 0 Å². The van der Waals surface area contributed by atoms with Gasteiger partial charge in [-0.25, -0.2) is 9.97 Å². The van der Waals surface area contributed by atoms with Crippen molar-refractivity contribution in [3.8, 4) is 27.7 Å². The average Bonchev–Trinajstić information content (AvgIpc) is 3.28. The maximum Gasteiger partial charge on any atom is 0.211 e. The van der Waals surface area contributed by atoms with Gasteiger partial charge in [0.05, 0.1) is 12.6 Å². The van der Waals surface area contributed by atoms with Crippen molar-refractivity contribution >= 4 is 33.2 Å². The van der Waals surface area contributed by atoms with Crippen LogP contribution in [0.2, 0.25) is 0 Å². The molecular weight excluding hydrogens is 396 g/mol. The van der Waals surface area contributed by atoms with Crippen LogP contribution in [0.15, 0.2) is 73.1 Å². The van der Waals surface area contributed by atoms with Crippen LogP contribution in [0, 0.1) is 0 Å². The summed E-state index contributed by atoms with van der Waals surface area (Å²) >= 11 is 1.46. The molecule has 0 saturated carbocycles. The summed E-state index contributed by atoms with van der Waals surface area (Å²) in [6.07, 6.45) is 3.47. The highest BCUT2D eigenvalue weighted by Crippen LogP contribution is 2.32. The van der Waals surface area contributed by atoms with Crippen molar-refractivity contribution in [2.75, 3.05) is 12.4 Å². The van der Waals surface area contributed by atoms with Crippen LogP contribution in [0.25, 0.3) is 32.9 Å². The van der Waals surface area contributed by atoms with Crippen molar-refractivity contribution in [1.82, 2.24) is 25.1 Å². The van der Waals surface area contributed by atoms with Gasteiger partial charge in [0.25, 0.3) is 0 Å². The minimum Gasteiger partial charge on any atom is -0.497 e. The van der Waals surface area contributed by atoms with E-state index in [4.69, 9.17) is 14.7 Å². The first kappa shape index (κ1) is 18.1. The van der Waals surface area contributed by atoms with Gasteiger partial charge in [-0.3, -0.25) is 4.98 Å². The zero-order valence-corrected chi connectivity index (χ0v) is 16.8. The van der Waals surface area contributed by atoms with Gasteiger partial charge in [-0.05, 0) is 30.3 Å². The molecule has 7 nitrogen and oxygen atoms in total. The van der Waals surface area contributed by atoms with Crippen molar-refractivity contribution in [3.63, 3.8) is 0 Å². The second-order valence-electron chi connectivity index (χ2n) is 6.42. The largest absolute Gasteiger partial charge is 0.497 e. The van der Waals surface area contributed by atoms with Crippen molar-refractivity contribution < 1.29 is 4.74 Å². The fourth-order valence-corrected chi connectivity index (χ4v) is 3.77. The first-order valence-corrected chi connectivity index (χ1v) is 10.0. The van der Waals surface area contributed by atoms with Crippen molar-refractivity contribution in [2.24, 2.45) is 0 Å². The summed E-state index contributed by atoms with van der Waals surface area (Å²) in [5, 5.41) is 14.2. The topological polar surface area (TPSA) is 85.7 Å². The Bertz CT molecular complexity index is 1310. The number of rotatable bonds is 5. The Hall–Kier alpha value is -3.91. The zero-order chi connectivity index (χ0) is 20.3. The highest BCUT2D eigenvalue weighted by atomic mass is 32.1. The molecule has 5 aromatic rings. The van der Waals surface area contributed by atoms with E-state index in [1.165, 1.54) is 11.3 Å². The van der Waals surface area contributed by atoms with E-state index in [0.29, 0.717) is 16.8 Å². The maximum atomic E-state index is 5.39. The predicted molar refractivity (Wildman–Crippen MR) is 118 cm³/mol. The lowest BCUT2D eigenvalue weighted by Gasteiger charge is -2.10. The normalized spacial score (nSPS) is 10.8. The van der Waals surface area contributed by atoms with Gasteiger partial charge in [0.15, 0.2) is 5.82 Å². The molecule has 0 fully saturated rings. The molecule has 0 bridgehead atoms. The third-order valence-corrected chi connectivity index (χ3v) is 5.38. The van der Waals surface area contributed by atoms with Gasteiger partial charge < -0.3 is 10.1 Å². The van der Waals surface area contributed by atoms with Gasteiger partial charge in [0.1, 0.15) is 16.6 Å². The lowest BCUT2D eigenvalue weighted by Crippen LogP contribution is -2.00. The van der Waals surface area contributed by atoms with Gasteiger partial charge in [0.2, 0.25) is 5.13 Å². The van der Waals surface area contributed by atoms with Crippen LogP contribution in [0.3, 0.4) is 0 Å². The summed E-state index contributed by atoms with van der Waals surface area (Å²) in [5.41, 5.74) is 2.65. The van der Waals surface area contributed by atoms with Crippen LogP contribution in [-0.4, -0.2) is 32.3 Å². The Kier molecular flexibility index (Phi) is 4.74. The molecule has 146 valence electrons. The number of ether oxygens (including phenoxy) is 1. The number of benzene rings is 2. The molecule has 2 aromatic carbocycles. The molecule has 8 heteroatoms. The first-order valence-electron chi connectivity index (χ1n) is 9.22. The summed E-state index contributed by atoms with van der Waals surface area (Å²) in [6.45, 7) is 0. The second-order valence-corrected chi connectivity index (χ2v) is 7.40. The third-order valence-electron chi connectivity index (χ3n) is 4.49. The van der Waals surface area contributed by atoms with Crippen LogP contribution in [0.1, 0.15) is 0 Å². The molecule has 0 radical (unpaired) electrons. The summed E-state index contributed by atoms with van der Waals surface area (Å²) in [5.74, 6) is 1.94. The molecule has 3 heterocycles. The molecule has 5 rings (SSSR count). The molecule has 0 atom stereocenters. The number of nitrogens with one attached hydrogen (secondary N) is 1. The monoisotopic (exact) mass is 412 g/mol. The van der Waals surface area contributed by atoms with Crippen LogP contribution in [0.4, 0.5) is 10.9 Å². The van der Waals surface area contributed by atoms with E-state index in [1.54, 1.807) is 19.5 Å². The molecule has 0 aliphatic rings. The Labute approximate surface area is 176 Å². The van der Waals surface area contributed by atoms with E-state index in [-0.39, 0.29) is 0 Å². The highest BCUT2D eigenvalue weighted by molar-refractivity contribution is 7.18. The third kappa shape index (κ3) is 3.56. The van der Waals surface area contributed by atoms with Gasteiger partial charge in [0, 0.05) is 28.9 Å². The van der Waals surface area contributed by atoms with Crippen LogP contribution in [-0.2, 0) is 0 Å². The van der Waals surface area contributed by atoms with Crippen LogP contribution in [0.5, 0.6) is 5.75 Å². The second kappa shape index (κ2) is 7.84. The summed E-state index contributed by atoms with van der Waals surface area (Å²) < 4.78 is 5.39. The molecule has 0 spiro atoms. The Balaban J connectivity index is 1.59. The lowest BCUT2D eigenvalue weighted by atomic mass is 10.2. The van der Waals surface area contributed by atoms with E-state index in [9.17, 15) is 0 Å². The summed E-state index contributed by atoms with van der Waals surface area (Å²) in [4.78, 5) is 13.6. The number of hydrogen-bond donors (Lipinski definition) is 1. The minimum absolute atomic E-state index is 0.580. The molecule has 30 heavy (non-hydrogen) atoms. The van der Waals surface area contributed by atoms with Crippen LogP contribution < -0.4 is 10.1 Å². The molecule has 0 amide bonds. The fraction of sp³-hybridized carbons (Fsp3) is 0.0455. The van der Waals surface area contributed by atoms with Gasteiger partial charge >= 0.3 is 0 Å². The highest BCUT2D eigenvalue weighted by Gasteiger charge is 2.14. The molecule has 0 aliphatic carbocycles. The molecule has 1 N–H and O–H groups in total. The molecule has 0 saturated heterocycles. The number of aromatic nitrogens is 5. The van der Waals surface area contributed by atoms with Gasteiger partial charge in [-0.1, -0.05) is 41.7 Å². The summed E-state index contributed by atoms with van der Waals surface area (Å²) in [7, 11) is 1.63. The Morgan fingerprint density at radius 2 is 1.77 bits per heavy atom. The molecule has 3 aromatic heterocycles. The SMILES string of the molecule is COc1ccc2nc(-c3cccnc3)nc(Nc3nnc(-c4ccccc4)s3)c2c1. The van der Waals surface area contributed by atoms with E-state index >= 15 is 0 Å². The average molecular weight is 412 g/mol. The maximum absolute atomic E-state index is 5.39. The van der Waals surface area contributed by atoms with Crippen molar-refractivity contribution in [1.29, 1.82) is 0 Å². The van der Waals surface area contributed by atoms with E-state index < -0.39 is 0 Å². The standard InChI is InChI=1S/C22H16N6OS/c1-29-16-9-10-18-17(12-16)20(25-19(24-18)15-8-5-11-23-13-15)26-22-28-27-21(30-22)14-6-3-2-4-7-14/h2-13H,1H3,(H,24,25,26,28). The smallest absolute Gasteiger partial charge is 0.211 e. The minimum atomic E-state index is 0.580. The predicted octanol–water partition coefficient (Wildman–Crippen LogP) is 4.96. The quantitative estimate of drug-likeness (QED) is 0.436. The first-order chi connectivity index (χ1) is 14.8. The Morgan fingerprint density at radius 1 is 0.900 bits per heavy atom. The Morgan fingerprint density at radius 3 is 2.57 bits per heavy atom. The van der Waals surface area contributed by atoms with Crippen molar-refractivity contribution in [2.45, 2.75) is 0 Å². The molecule has 0 unspecified atom stereocenters. The number of hydrogen-bond acceptors (Lipinski definition) is 8. The number of fused-ring (bicyclic) bond motifs is 1. The molecule has 0 aliphatic heterocycles. The van der Waals surface area contributed by atoms with Crippen molar-refractivity contribution in [3.05, 3.63) is 73.1 Å². The van der Waals surface area contributed by atoms with Gasteiger partial charge in [-0.15, -0.1) is 10.2 Å². The lowest BCUT2D eigenvalue weighted by molar-refractivity contribution is 0.415. The number of nitrogens with zero attached hydrogens (tertiary/aromatic N) is 5. The number of pyridine rings is 1. The van der Waals surface area contributed by atoms with Crippen LogP contribution >= 0.6 is 11.3 Å². The fourth-order valence-electron chi connectivity index (χ4n) is 3.03. The summed E-state index contributed by atoms with van der Waals surface area (Å²) in [6, 6.07) is 19.4. The van der Waals surface area contributed by atoms with E-state index in [0.717, 1.165) is 32.8 Å². The van der Waals surface area contributed by atoms with E-state index in [1.807, 2.05) is 60.7 Å². The number of anilines is 2. The van der Waals surface area contributed by atoms with E-state index in [2.05, 4.69) is 20.5 Å². The zero-order valence-electron chi connectivity index (χ0n) is 16.0. The number of methoxy groups -OCH3 is 1. The molecular formula is C22H16N6OS.